The highest BCUT2D eigenvalue weighted by atomic mass is 32.2. The smallest absolute Gasteiger partial charge is 0.339 e. The maximum atomic E-state index is 12.2. The highest BCUT2D eigenvalue weighted by Crippen LogP contribution is 2.38. The Balaban J connectivity index is 2.45. The summed E-state index contributed by atoms with van der Waals surface area (Å²) in [4.78, 5) is 10.5. The Kier molecular flexibility index (Phi) is 4.44. The molecular formula is C14H12O6S. The molecule has 0 saturated carbocycles. The first kappa shape index (κ1) is 14.9. The molecule has 0 saturated heterocycles. The van der Waals surface area contributed by atoms with Gasteiger partial charge in [0.05, 0.1) is 7.11 Å². The molecule has 0 radical (unpaired) electrons. The molecule has 0 aliphatic carbocycles. The first-order chi connectivity index (χ1) is 10.1. The Labute approximate surface area is 122 Å². The Bertz CT molecular complexity index is 724. The molecule has 0 N–H and O–H groups in total. The molecule has 0 bridgehead atoms. The number of carbonyl (C=O) groups is 1. The van der Waals surface area contributed by atoms with Crippen molar-refractivity contribution >= 4 is 16.6 Å². The van der Waals surface area contributed by atoms with E-state index in [-0.39, 0.29) is 28.6 Å². The lowest BCUT2D eigenvalue weighted by Crippen LogP contribution is -2.11. The minimum Gasteiger partial charge on any atom is -0.493 e. The van der Waals surface area contributed by atoms with Crippen molar-refractivity contribution in [2.45, 2.75) is 4.90 Å². The third kappa shape index (κ3) is 3.32. The third-order valence-corrected chi connectivity index (χ3v) is 3.80. The van der Waals surface area contributed by atoms with E-state index in [0.717, 1.165) is 0 Å². The zero-order chi connectivity index (χ0) is 15.3. The first-order valence-electron chi connectivity index (χ1n) is 5.85. The van der Waals surface area contributed by atoms with Crippen molar-refractivity contribution in [2.24, 2.45) is 0 Å². The van der Waals surface area contributed by atoms with E-state index in [1.807, 2.05) is 0 Å². The van der Waals surface area contributed by atoms with Gasteiger partial charge in [-0.15, -0.1) is 0 Å². The largest absolute Gasteiger partial charge is 0.493 e. The molecule has 0 spiro atoms. The van der Waals surface area contributed by atoms with Crippen LogP contribution >= 0.6 is 0 Å². The highest BCUT2D eigenvalue weighted by Gasteiger charge is 2.22. The molecule has 0 heterocycles. The Morgan fingerprint density at radius 3 is 2.24 bits per heavy atom. The highest BCUT2D eigenvalue weighted by molar-refractivity contribution is 7.87. The van der Waals surface area contributed by atoms with Gasteiger partial charge in [-0.3, -0.25) is 4.79 Å². The number of hydrogen-bond donors (Lipinski definition) is 0. The van der Waals surface area contributed by atoms with Crippen LogP contribution in [-0.4, -0.2) is 22.0 Å². The molecule has 7 heteroatoms. The van der Waals surface area contributed by atoms with Gasteiger partial charge in [0, 0.05) is 0 Å². The lowest BCUT2D eigenvalue weighted by Gasteiger charge is -2.13. The van der Waals surface area contributed by atoms with Crippen molar-refractivity contribution in [3.05, 3.63) is 48.5 Å². The zero-order valence-corrected chi connectivity index (χ0v) is 11.9. The molecule has 0 aliphatic heterocycles. The molecule has 21 heavy (non-hydrogen) atoms. The van der Waals surface area contributed by atoms with E-state index < -0.39 is 10.1 Å². The Morgan fingerprint density at radius 2 is 1.62 bits per heavy atom. The van der Waals surface area contributed by atoms with Gasteiger partial charge < -0.3 is 13.7 Å². The van der Waals surface area contributed by atoms with Crippen LogP contribution in [-0.2, 0) is 14.9 Å². The van der Waals surface area contributed by atoms with Crippen molar-refractivity contribution in [1.82, 2.24) is 0 Å². The summed E-state index contributed by atoms with van der Waals surface area (Å²) in [5, 5.41) is 0. The van der Waals surface area contributed by atoms with Crippen LogP contribution in [0.5, 0.6) is 17.2 Å². The van der Waals surface area contributed by atoms with Crippen LogP contribution in [0.15, 0.2) is 53.4 Å². The second kappa shape index (κ2) is 6.27. The van der Waals surface area contributed by atoms with Gasteiger partial charge in [-0.25, -0.2) is 0 Å². The fraction of sp³-hybridized carbons (Fsp3) is 0.0714. The van der Waals surface area contributed by atoms with E-state index in [1.165, 1.54) is 31.4 Å². The van der Waals surface area contributed by atoms with Crippen molar-refractivity contribution in [2.75, 3.05) is 7.11 Å². The Hall–Kier alpha value is -2.54. The third-order valence-electron chi connectivity index (χ3n) is 2.56. The van der Waals surface area contributed by atoms with Crippen LogP contribution in [0.4, 0.5) is 0 Å². The molecule has 0 unspecified atom stereocenters. The van der Waals surface area contributed by atoms with Crippen LogP contribution in [0, 0.1) is 0 Å². The van der Waals surface area contributed by atoms with Crippen molar-refractivity contribution in [3.63, 3.8) is 0 Å². The second-order valence-electron chi connectivity index (χ2n) is 3.85. The summed E-state index contributed by atoms with van der Waals surface area (Å²) in [6, 6.07) is 12.0. The normalized spacial score (nSPS) is 10.7. The Morgan fingerprint density at radius 1 is 0.952 bits per heavy atom. The summed E-state index contributed by atoms with van der Waals surface area (Å²) in [6.45, 7) is 0.177. The maximum absolute atomic E-state index is 12.2. The molecule has 0 aromatic heterocycles. The summed E-state index contributed by atoms with van der Waals surface area (Å²) in [6.07, 6.45) is 0. The van der Waals surface area contributed by atoms with E-state index >= 15 is 0 Å². The predicted octanol–water partition coefficient (Wildman–Crippen LogP) is 2.00. The second-order valence-corrected chi connectivity index (χ2v) is 5.40. The van der Waals surface area contributed by atoms with E-state index in [2.05, 4.69) is 0 Å². The number of benzene rings is 2. The van der Waals surface area contributed by atoms with E-state index in [4.69, 9.17) is 13.7 Å². The van der Waals surface area contributed by atoms with E-state index in [9.17, 15) is 13.2 Å². The van der Waals surface area contributed by atoms with Gasteiger partial charge in [-0.05, 0) is 24.3 Å². The molecule has 0 atom stereocenters. The zero-order valence-electron chi connectivity index (χ0n) is 11.1. The van der Waals surface area contributed by atoms with E-state index in [1.54, 1.807) is 24.3 Å². The van der Waals surface area contributed by atoms with Gasteiger partial charge in [0.15, 0.2) is 11.5 Å². The number of para-hydroxylation sites is 1. The van der Waals surface area contributed by atoms with Gasteiger partial charge in [0.1, 0.15) is 4.90 Å². The number of methoxy groups -OCH3 is 1. The summed E-state index contributed by atoms with van der Waals surface area (Å²) >= 11 is 0. The molecule has 2 aromatic carbocycles. The van der Waals surface area contributed by atoms with Gasteiger partial charge in [0.2, 0.25) is 5.75 Å². The molecule has 2 rings (SSSR count). The van der Waals surface area contributed by atoms with Crippen molar-refractivity contribution < 1.29 is 26.9 Å². The molecule has 0 amide bonds. The lowest BCUT2D eigenvalue weighted by atomic mass is 10.3. The molecule has 6 nitrogen and oxygen atoms in total. The summed E-state index contributed by atoms with van der Waals surface area (Å²) in [7, 11) is -2.71. The number of rotatable bonds is 6. The fourth-order valence-corrected chi connectivity index (χ4v) is 2.60. The standard InChI is InChI=1S/C14H12O6S/c1-18-12-8-5-9-13(19-10-15)14(12)20-21(16,17)11-6-3-2-4-7-11/h2-10H,1H3. The SMILES string of the molecule is COc1cccc(OC=O)c1OS(=O)(=O)c1ccccc1. The molecule has 110 valence electrons. The summed E-state index contributed by atoms with van der Waals surface area (Å²) < 4.78 is 39.2. The van der Waals surface area contributed by atoms with Crippen LogP contribution in [0.3, 0.4) is 0 Å². The quantitative estimate of drug-likeness (QED) is 0.600. The monoisotopic (exact) mass is 308 g/mol. The number of ether oxygens (including phenoxy) is 2. The minimum atomic E-state index is -4.06. The predicted molar refractivity (Wildman–Crippen MR) is 73.9 cm³/mol. The maximum Gasteiger partial charge on any atom is 0.339 e. The average Bonchev–Trinajstić information content (AvgIpc) is 2.50. The van der Waals surface area contributed by atoms with Crippen LogP contribution in [0.25, 0.3) is 0 Å². The molecule has 2 aromatic rings. The lowest BCUT2D eigenvalue weighted by molar-refractivity contribution is -0.120. The minimum absolute atomic E-state index is 0.0204. The molecular weight excluding hydrogens is 296 g/mol. The van der Waals surface area contributed by atoms with Gasteiger partial charge in [0.25, 0.3) is 6.47 Å². The van der Waals surface area contributed by atoms with Crippen LogP contribution < -0.4 is 13.7 Å². The molecule has 0 aliphatic rings. The average molecular weight is 308 g/mol. The van der Waals surface area contributed by atoms with Gasteiger partial charge in [-0.2, -0.15) is 8.42 Å². The van der Waals surface area contributed by atoms with Crippen molar-refractivity contribution in [1.29, 1.82) is 0 Å². The van der Waals surface area contributed by atoms with Crippen LogP contribution in [0.2, 0.25) is 0 Å². The fourth-order valence-electron chi connectivity index (χ4n) is 1.63. The topological polar surface area (TPSA) is 78.9 Å². The van der Waals surface area contributed by atoms with Gasteiger partial charge >= 0.3 is 10.1 Å². The van der Waals surface area contributed by atoms with Gasteiger partial charge in [-0.1, -0.05) is 24.3 Å². The molecule has 0 fully saturated rings. The number of carbonyl (C=O) groups excluding carboxylic acids is 1. The van der Waals surface area contributed by atoms with E-state index in [0.29, 0.717) is 0 Å². The van der Waals surface area contributed by atoms with Crippen LogP contribution in [0.1, 0.15) is 0 Å². The summed E-state index contributed by atoms with van der Waals surface area (Å²) in [5.74, 6) is -0.103. The number of hydrogen-bond acceptors (Lipinski definition) is 6. The summed E-state index contributed by atoms with van der Waals surface area (Å²) in [5.41, 5.74) is 0. The van der Waals surface area contributed by atoms with Crippen molar-refractivity contribution in [3.8, 4) is 17.2 Å². The first-order valence-corrected chi connectivity index (χ1v) is 7.26.